The molecule has 1 atom stereocenters. The van der Waals surface area contributed by atoms with E-state index in [0.717, 1.165) is 11.8 Å². The Morgan fingerprint density at radius 1 is 0.750 bits per heavy atom. The van der Waals surface area contributed by atoms with E-state index in [9.17, 15) is 0 Å². The number of nitrogen functional groups attached to an aromatic ring is 1. The van der Waals surface area contributed by atoms with Gasteiger partial charge >= 0.3 is 138 Å². The topological polar surface area (TPSA) is 26.0 Å². The molecule has 0 amide bonds. The average Bonchev–Trinajstić information content (AvgIpc) is 2.62. The fourth-order valence-corrected chi connectivity index (χ4v) is 7.93. The Morgan fingerprint density at radius 3 is 1.67 bits per heavy atom. The van der Waals surface area contributed by atoms with Crippen molar-refractivity contribution in [3.63, 3.8) is 0 Å². The zero-order valence-corrected chi connectivity index (χ0v) is 16.3. The third-order valence-corrected chi connectivity index (χ3v) is 9.32. The van der Waals surface area contributed by atoms with Crippen LogP contribution in [-0.2, 0) is 0 Å². The van der Waals surface area contributed by atoms with E-state index in [0.29, 0.717) is 0 Å². The number of anilines is 1. The van der Waals surface area contributed by atoms with Crippen molar-refractivity contribution in [2.45, 2.75) is 0 Å². The van der Waals surface area contributed by atoms with Crippen LogP contribution in [-0.4, -0.2) is 6.16 Å². The molecule has 3 aromatic rings. The van der Waals surface area contributed by atoms with Crippen LogP contribution in [0.25, 0.3) is 0 Å². The number of benzene rings is 3. The fraction of sp³-hybridized carbons (Fsp3) is 0.0476. The Hall–Kier alpha value is -1.94. The van der Waals surface area contributed by atoms with Crippen LogP contribution < -0.4 is 21.6 Å². The molecule has 0 aliphatic rings. The molecule has 0 saturated carbocycles. The van der Waals surface area contributed by atoms with E-state index in [1.807, 2.05) is 18.2 Å². The molecular formula is C21H25NP2. The fourth-order valence-electron chi connectivity index (χ4n) is 3.37. The summed E-state index contributed by atoms with van der Waals surface area (Å²) >= 11 is 0. The minimum absolute atomic E-state index is 0. The van der Waals surface area contributed by atoms with E-state index in [-0.39, 0.29) is 9.90 Å². The van der Waals surface area contributed by atoms with Crippen molar-refractivity contribution in [2.24, 2.45) is 0 Å². The monoisotopic (exact) mass is 353 g/mol. The molecule has 124 valence electrons. The van der Waals surface area contributed by atoms with Gasteiger partial charge in [-0.1, -0.05) is 0 Å². The van der Waals surface area contributed by atoms with Crippen LogP contribution in [0.2, 0.25) is 0 Å². The van der Waals surface area contributed by atoms with Gasteiger partial charge in [0.2, 0.25) is 0 Å². The van der Waals surface area contributed by atoms with E-state index in [4.69, 9.17) is 5.73 Å². The van der Waals surface area contributed by atoms with Crippen LogP contribution in [0.1, 0.15) is 0 Å². The van der Waals surface area contributed by atoms with Crippen LogP contribution in [0.4, 0.5) is 5.69 Å². The normalized spacial score (nSPS) is 11.3. The maximum absolute atomic E-state index is 6.41. The molecule has 0 aromatic heterocycles. The summed E-state index contributed by atoms with van der Waals surface area (Å²) in [4.78, 5) is 0. The van der Waals surface area contributed by atoms with Gasteiger partial charge in [0.1, 0.15) is 0 Å². The van der Waals surface area contributed by atoms with Crippen molar-refractivity contribution in [2.75, 3.05) is 11.9 Å². The van der Waals surface area contributed by atoms with Gasteiger partial charge in [0.15, 0.2) is 0 Å². The van der Waals surface area contributed by atoms with Gasteiger partial charge in [-0.25, -0.2) is 0 Å². The van der Waals surface area contributed by atoms with Crippen molar-refractivity contribution in [1.82, 2.24) is 0 Å². The zero-order valence-electron chi connectivity index (χ0n) is 13.9. The van der Waals surface area contributed by atoms with Crippen LogP contribution in [0.15, 0.2) is 97.6 Å². The van der Waals surface area contributed by atoms with Gasteiger partial charge in [0, 0.05) is 0 Å². The van der Waals surface area contributed by atoms with Crippen molar-refractivity contribution in [3.05, 3.63) is 97.6 Å². The summed E-state index contributed by atoms with van der Waals surface area (Å²) in [5.41, 5.74) is 7.28. The molecule has 0 fully saturated rings. The molecule has 0 aliphatic carbocycles. The van der Waals surface area contributed by atoms with E-state index >= 15 is 0 Å². The Balaban J connectivity index is 0.00000208. The Kier molecular flexibility index (Phi) is 6.32. The SMILES string of the molecule is C=CC[PH](c1ccccc1)(c1ccccc1)c1ccccc1N.P. The molecule has 0 radical (unpaired) electrons. The summed E-state index contributed by atoms with van der Waals surface area (Å²) in [6.45, 7) is 4.05. The first-order chi connectivity index (χ1) is 11.3. The predicted octanol–water partition coefficient (Wildman–Crippen LogP) is 3.54. The van der Waals surface area contributed by atoms with E-state index in [1.165, 1.54) is 15.9 Å². The van der Waals surface area contributed by atoms with E-state index < -0.39 is 7.26 Å². The molecule has 0 heterocycles. The molecule has 1 nitrogen and oxygen atoms in total. The second kappa shape index (κ2) is 8.25. The van der Waals surface area contributed by atoms with E-state index in [1.54, 1.807) is 0 Å². The number of para-hydroxylation sites is 1. The summed E-state index contributed by atoms with van der Waals surface area (Å²) in [6.07, 6.45) is 2.97. The zero-order chi connectivity index (χ0) is 16.1. The minimum Gasteiger partial charge on any atom is -0.153 e. The molecule has 0 saturated heterocycles. The van der Waals surface area contributed by atoms with Crippen molar-refractivity contribution >= 4 is 38.8 Å². The summed E-state index contributed by atoms with van der Waals surface area (Å²) in [7, 11) is -2.21. The second-order valence-corrected chi connectivity index (χ2v) is 9.63. The number of allylic oxidation sites excluding steroid dienone is 1. The van der Waals surface area contributed by atoms with Crippen LogP contribution in [0, 0.1) is 0 Å². The van der Waals surface area contributed by atoms with Gasteiger partial charge in [-0.05, 0) is 0 Å². The standard InChI is InChI=1S/C21H22NP.H3P/c1-2-17-23(18-11-5-3-6-12-18,19-13-7-4-8-14-19)21-16-10-9-15-20(21)22;/h2-16,23H,1,17,22H2;1H3. The summed E-state index contributed by atoms with van der Waals surface area (Å²) in [5.74, 6) is 0. The van der Waals surface area contributed by atoms with Crippen LogP contribution in [0.3, 0.4) is 0 Å². The van der Waals surface area contributed by atoms with Crippen molar-refractivity contribution in [3.8, 4) is 0 Å². The maximum Gasteiger partial charge on any atom is -0.153 e. The summed E-state index contributed by atoms with van der Waals surface area (Å²) in [6, 6.07) is 29.8. The largest absolute Gasteiger partial charge is 0.153 e. The van der Waals surface area contributed by atoms with Crippen LogP contribution >= 0.6 is 17.2 Å². The minimum atomic E-state index is -2.21. The van der Waals surface area contributed by atoms with Crippen LogP contribution in [0.5, 0.6) is 0 Å². The number of nitrogens with two attached hydrogens (primary N) is 1. The summed E-state index contributed by atoms with van der Waals surface area (Å²) in [5, 5.41) is 3.99. The van der Waals surface area contributed by atoms with Gasteiger partial charge in [-0.2, -0.15) is 9.90 Å². The smallest absolute Gasteiger partial charge is 0.153 e. The summed E-state index contributed by atoms with van der Waals surface area (Å²) < 4.78 is 0. The molecule has 3 rings (SSSR count). The molecule has 0 spiro atoms. The molecule has 24 heavy (non-hydrogen) atoms. The first-order valence-corrected chi connectivity index (χ1v) is 10.1. The van der Waals surface area contributed by atoms with Crippen molar-refractivity contribution < 1.29 is 0 Å². The van der Waals surface area contributed by atoms with Gasteiger partial charge in [-0.15, -0.1) is 0 Å². The quantitative estimate of drug-likeness (QED) is 0.424. The molecule has 3 aromatic carbocycles. The number of hydrogen-bond acceptors (Lipinski definition) is 1. The maximum atomic E-state index is 6.41. The Bertz CT molecular complexity index is 746. The Morgan fingerprint density at radius 2 is 1.21 bits per heavy atom. The average molecular weight is 353 g/mol. The van der Waals surface area contributed by atoms with Gasteiger partial charge < -0.3 is 0 Å². The van der Waals surface area contributed by atoms with Crippen molar-refractivity contribution in [1.29, 1.82) is 0 Å². The third kappa shape index (κ3) is 3.29. The number of hydrogen-bond donors (Lipinski definition) is 1. The molecule has 0 bridgehead atoms. The molecular weight excluding hydrogens is 328 g/mol. The first kappa shape index (κ1) is 18.4. The molecule has 3 heteroatoms. The molecule has 2 N–H and O–H groups in total. The third-order valence-electron chi connectivity index (χ3n) is 4.40. The first-order valence-electron chi connectivity index (χ1n) is 7.86. The van der Waals surface area contributed by atoms with Gasteiger partial charge in [-0.3, -0.25) is 0 Å². The predicted molar refractivity (Wildman–Crippen MR) is 117 cm³/mol. The second-order valence-electron chi connectivity index (χ2n) is 5.72. The van der Waals surface area contributed by atoms with Gasteiger partial charge in [0.25, 0.3) is 0 Å². The van der Waals surface area contributed by atoms with E-state index in [2.05, 4.69) is 79.4 Å². The number of rotatable bonds is 5. The van der Waals surface area contributed by atoms with Gasteiger partial charge in [0.05, 0.1) is 0 Å². The molecule has 1 unspecified atom stereocenters. The molecule has 0 aliphatic heterocycles. The Labute approximate surface area is 148 Å².